The molecule has 1 saturated heterocycles. The monoisotopic (exact) mass is 539 g/mol. The molecule has 11 heteroatoms. The largest absolute Gasteiger partial charge is 0.501 e. The average molecular weight is 540 g/mol. The number of nitrogens with zero attached hydrogens (tertiary/aromatic N) is 4. The molecule has 2 aromatic heterocycles. The average Bonchev–Trinajstić information content (AvgIpc) is 3.06. The number of halogens is 3. The van der Waals surface area contributed by atoms with E-state index in [2.05, 4.69) is 16.3 Å². The molecule has 4 aromatic rings. The normalized spacial score (nSPS) is 15.3. The molecule has 38 heavy (non-hydrogen) atoms. The number of nitriles is 1. The van der Waals surface area contributed by atoms with Gasteiger partial charge in [0.25, 0.3) is 9.84 Å². The molecule has 0 radical (unpaired) electrons. The number of aromatic nitrogens is 2. The summed E-state index contributed by atoms with van der Waals surface area (Å²) in [6.07, 6.45) is 2.88. The first-order chi connectivity index (χ1) is 18.2. The van der Waals surface area contributed by atoms with E-state index in [1.165, 1.54) is 12.1 Å². The standard InChI is InChI=1S/C27H24F3N5O2S/c28-27(29,30)38(36,37)23-9-6-20(7-10-23)22-8-11-25-33-26(21-4-2-19(16-31)3-5-21)24(35(25)17-22)18-34-14-1-12-32-13-15-34/h2-11,17,32H,1,12-15,18H2. The van der Waals surface area contributed by atoms with Crippen LogP contribution >= 0.6 is 0 Å². The highest BCUT2D eigenvalue weighted by molar-refractivity contribution is 7.92. The second kappa shape index (κ2) is 10.2. The van der Waals surface area contributed by atoms with Gasteiger partial charge in [0, 0.05) is 31.4 Å². The lowest BCUT2D eigenvalue weighted by atomic mass is 10.1. The molecular weight excluding hydrogens is 515 g/mol. The van der Waals surface area contributed by atoms with Gasteiger partial charge in [0.15, 0.2) is 0 Å². The molecule has 5 rings (SSSR count). The van der Waals surface area contributed by atoms with Gasteiger partial charge in [0.05, 0.1) is 27.9 Å². The van der Waals surface area contributed by atoms with Gasteiger partial charge in [-0.2, -0.15) is 18.4 Å². The lowest BCUT2D eigenvalue weighted by Gasteiger charge is -2.20. The van der Waals surface area contributed by atoms with E-state index in [-0.39, 0.29) is 0 Å². The van der Waals surface area contributed by atoms with Crippen molar-refractivity contribution in [2.24, 2.45) is 0 Å². The smallest absolute Gasteiger partial charge is 0.315 e. The number of fused-ring (bicyclic) bond motifs is 1. The zero-order valence-electron chi connectivity index (χ0n) is 20.2. The lowest BCUT2D eigenvalue weighted by molar-refractivity contribution is -0.0436. The maximum atomic E-state index is 12.9. The van der Waals surface area contributed by atoms with Crippen LogP contribution < -0.4 is 5.32 Å². The van der Waals surface area contributed by atoms with Crippen molar-refractivity contribution in [1.82, 2.24) is 19.6 Å². The number of pyridine rings is 1. The van der Waals surface area contributed by atoms with Crippen LogP contribution in [-0.4, -0.2) is 54.4 Å². The number of rotatable bonds is 5. The molecule has 0 atom stereocenters. The Morgan fingerprint density at radius 1 is 0.921 bits per heavy atom. The van der Waals surface area contributed by atoms with E-state index in [0.29, 0.717) is 28.9 Å². The van der Waals surface area contributed by atoms with Gasteiger partial charge in [-0.3, -0.25) is 4.90 Å². The molecule has 0 aliphatic carbocycles. The highest BCUT2D eigenvalue weighted by Gasteiger charge is 2.46. The molecule has 2 aromatic carbocycles. The maximum absolute atomic E-state index is 12.9. The Morgan fingerprint density at radius 3 is 2.29 bits per heavy atom. The molecule has 0 spiro atoms. The minimum absolute atomic E-state index is 0.552. The maximum Gasteiger partial charge on any atom is 0.501 e. The Balaban J connectivity index is 1.57. The van der Waals surface area contributed by atoms with E-state index in [1.54, 1.807) is 18.2 Å². The molecule has 1 aliphatic rings. The summed E-state index contributed by atoms with van der Waals surface area (Å²) in [5.74, 6) is 0. The van der Waals surface area contributed by atoms with Gasteiger partial charge in [0.1, 0.15) is 5.65 Å². The molecular formula is C27H24F3N5O2S. The van der Waals surface area contributed by atoms with E-state index >= 15 is 0 Å². The van der Waals surface area contributed by atoms with Crippen LogP contribution in [0.1, 0.15) is 17.7 Å². The fourth-order valence-corrected chi connectivity index (χ4v) is 5.34. The number of sulfone groups is 1. The summed E-state index contributed by atoms with van der Waals surface area (Å²) in [5, 5.41) is 12.6. The summed E-state index contributed by atoms with van der Waals surface area (Å²) in [7, 11) is -5.41. The quantitative estimate of drug-likeness (QED) is 0.398. The third-order valence-electron chi connectivity index (χ3n) is 6.61. The molecule has 1 N–H and O–H groups in total. The summed E-state index contributed by atoms with van der Waals surface area (Å²) in [5.41, 5.74) is -0.214. The molecule has 3 heterocycles. The number of benzene rings is 2. The van der Waals surface area contributed by atoms with E-state index < -0.39 is 20.2 Å². The first kappa shape index (κ1) is 25.9. The van der Waals surface area contributed by atoms with Crippen molar-refractivity contribution in [2.45, 2.75) is 23.4 Å². The van der Waals surface area contributed by atoms with Crippen LogP contribution in [0, 0.1) is 11.3 Å². The van der Waals surface area contributed by atoms with Gasteiger partial charge in [0.2, 0.25) is 0 Å². The number of hydrogen-bond acceptors (Lipinski definition) is 6. The van der Waals surface area contributed by atoms with Gasteiger partial charge < -0.3 is 9.72 Å². The third kappa shape index (κ3) is 5.03. The summed E-state index contributed by atoms with van der Waals surface area (Å²) in [6.45, 7) is 4.25. The van der Waals surface area contributed by atoms with Crippen LogP contribution in [0.4, 0.5) is 13.2 Å². The number of alkyl halides is 3. The van der Waals surface area contributed by atoms with Crippen molar-refractivity contribution in [3.63, 3.8) is 0 Å². The number of nitrogens with one attached hydrogen (secondary N) is 1. The number of imidazole rings is 1. The zero-order valence-corrected chi connectivity index (χ0v) is 21.1. The number of hydrogen-bond donors (Lipinski definition) is 1. The molecule has 0 unspecified atom stereocenters. The Kier molecular flexibility index (Phi) is 6.96. The van der Waals surface area contributed by atoms with Gasteiger partial charge >= 0.3 is 5.51 Å². The van der Waals surface area contributed by atoms with Crippen LogP contribution in [0.2, 0.25) is 0 Å². The lowest BCUT2D eigenvalue weighted by Crippen LogP contribution is -2.28. The van der Waals surface area contributed by atoms with Crippen LogP contribution in [0.3, 0.4) is 0 Å². The fraction of sp³-hybridized carbons (Fsp3) is 0.259. The van der Waals surface area contributed by atoms with Crippen molar-refractivity contribution in [3.8, 4) is 28.5 Å². The van der Waals surface area contributed by atoms with Crippen molar-refractivity contribution in [2.75, 3.05) is 26.2 Å². The molecule has 0 bridgehead atoms. The van der Waals surface area contributed by atoms with Crippen molar-refractivity contribution >= 4 is 15.5 Å². The van der Waals surface area contributed by atoms with Crippen LogP contribution in [0.5, 0.6) is 0 Å². The van der Waals surface area contributed by atoms with Crippen molar-refractivity contribution < 1.29 is 21.6 Å². The Hall–Kier alpha value is -3.72. The van der Waals surface area contributed by atoms with Gasteiger partial charge in [-0.1, -0.05) is 24.3 Å². The Labute approximate surface area is 218 Å². The summed E-state index contributed by atoms with van der Waals surface area (Å²) >= 11 is 0. The first-order valence-corrected chi connectivity index (χ1v) is 13.5. The van der Waals surface area contributed by atoms with E-state index in [4.69, 9.17) is 4.98 Å². The first-order valence-electron chi connectivity index (χ1n) is 12.0. The minimum atomic E-state index is -5.41. The van der Waals surface area contributed by atoms with Crippen molar-refractivity contribution in [3.05, 3.63) is 78.1 Å². The molecule has 7 nitrogen and oxygen atoms in total. The van der Waals surface area contributed by atoms with Crippen LogP contribution in [-0.2, 0) is 16.4 Å². The predicted octanol–water partition coefficient (Wildman–Crippen LogP) is 4.63. The molecule has 0 saturated carbocycles. The minimum Gasteiger partial charge on any atom is -0.315 e. The second-order valence-corrected chi connectivity index (χ2v) is 11.0. The third-order valence-corrected chi connectivity index (χ3v) is 8.12. The fourth-order valence-electron chi connectivity index (χ4n) is 4.58. The van der Waals surface area contributed by atoms with Crippen LogP contribution in [0.15, 0.2) is 71.8 Å². The van der Waals surface area contributed by atoms with Crippen LogP contribution in [0.25, 0.3) is 28.0 Å². The van der Waals surface area contributed by atoms with Gasteiger partial charge in [-0.05, 0) is 67.0 Å². The molecule has 1 fully saturated rings. The summed E-state index contributed by atoms with van der Waals surface area (Å²) in [4.78, 5) is 6.42. The second-order valence-electron chi connectivity index (χ2n) is 9.10. The zero-order chi connectivity index (χ0) is 26.9. The summed E-state index contributed by atoms with van der Waals surface area (Å²) in [6, 6.07) is 17.7. The van der Waals surface area contributed by atoms with Gasteiger partial charge in [-0.25, -0.2) is 13.4 Å². The van der Waals surface area contributed by atoms with E-state index in [1.807, 2.05) is 28.8 Å². The molecule has 196 valence electrons. The molecule has 0 amide bonds. The highest BCUT2D eigenvalue weighted by Crippen LogP contribution is 2.32. The summed E-state index contributed by atoms with van der Waals surface area (Å²) < 4.78 is 64.3. The van der Waals surface area contributed by atoms with E-state index in [0.717, 1.165) is 61.7 Å². The topological polar surface area (TPSA) is 90.5 Å². The Bertz CT molecular complexity index is 1600. The van der Waals surface area contributed by atoms with E-state index in [9.17, 15) is 26.9 Å². The Morgan fingerprint density at radius 2 is 1.61 bits per heavy atom. The predicted molar refractivity (Wildman–Crippen MR) is 137 cm³/mol. The molecule has 1 aliphatic heterocycles. The van der Waals surface area contributed by atoms with Crippen molar-refractivity contribution in [1.29, 1.82) is 5.26 Å². The SMILES string of the molecule is N#Cc1ccc(-c2nc3ccc(-c4ccc(S(=O)(=O)C(F)(F)F)cc4)cn3c2CN2CCCNCC2)cc1. The van der Waals surface area contributed by atoms with Gasteiger partial charge in [-0.15, -0.1) is 0 Å². The highest BCUT2D eigenvalue weighted by atomic mass is 32.2.